The first-order valence-electron chi connectivity index (χ1n) is 7.83. The largest absolute Gasteiger partial charge is 0.482 e. The van der Waals surface area contributed by atoms with Crippen LogP contribution in [-0.4, -0.2) is 33.6 Å². The number of methoxy groups -OCH3 is 1. The smallest absolute Gasteiger partial charge is 0.316 e. The van der Waals surface area contributed by atoms with E-state index < -0.39 is 0 Å². The summed E-state index contributed by atoms with van der Waals surface area (Å²) in [6.45, 7) is 8.77. The van der Waals surface area contributed by atoms with Gasteiger partial charge in [0.05, 0.1) is 12.9 Å². The summed E-state index contributed by atoms with van der Waals surface area (Å²) < 4.78 is 12.7. The number of ether oxygens (including phenoxy) is 2. The molecule has 0 aliphatic carbocycles. The Bertz CT molecular complexity index is 715. The van der Waals surface area contributed by atoms with Crippen LogP contribution in [0.2, 0.25) is 0 Å². The molecule has 0 aliphatic rings. The number of carbonyl (C=O) groups is 1. The summed E-state index contributed by atoms with van der Waals surface area (Å²) in [5.74, 6) is 1.51. The number of rotatable bonds is 7. The van der Waals surface area contributed by atoms with Gasteiger partial charge in [0.15, 0.2) is 17.1 Å². The fourth-order valence-corrected chi connectivity index (χ4v) is 3.12. The van der Waals surface area contributed by atoms with Crippen molar-refractivity contribution in [2.24, 2.45) is 0 Å². The van der Waals surface area contributed by atoms with Crippen LogP contribution in [-0.2, 0) is 16.1 Å². The highest BCUT2D eigenvalue weighted by Gasteiger charge is 2.20. The van der Waals surface area contributed by atoms with Crippen molar-refractivity contribution in [3.63, 3.8) is 0 Å². The second-order valence-electron chi connectivity index (χ2n) is 5.41. The molecule has 24 heavy (non-hydrogen) atoms. The molecule has 0 saturated heterocycles. The standard InChI is InChI=1S/C17H23N3O3S/c1-6-20-16(18-19-17(20)24-10-15(21)22-5)13(4)23-14-9-7-8-11(2)12(14)3/h7-9,13H,6,10H2,1-5H3. The van der Waals surface area contributed by atoms with Crippen LogP contribution in [0.5, 0.6) is 5.75 Å². The maximum Gasteiger partial charge on any atom is 0.316 e. The molecule has 1 heterocycles. The summed E-state index contributed by atoms with van der Waals surface area (Å²) in [4.78, 5) is 11.3. The zero-order valence-electron chi connectivity index (χ0n) is 14.7. The lowest BCUT2D eigenvalue weighted by Gasteiger charge is -2.17. The Kier molecular flexibility index (Phi) is 6.25. The first-order chi connectivity index (χ1) is 11.5. The maximum absolute atomic E-state index is 11.3. The number of hydrogen-bond donors (Lipinski definition) is 0. The van der Waals surface area contributed by atoms with Crippen LogP contribution in [0.3, 0.4) is 0 Å². The highest BCUT2D eigenvalue weighted by atomic mass is 32.2. The molecular weight excluding hydrogens is 326 g/mol. The number of thioether (sulfide) groups is 1. The average Bonchev–Trinajstić information content (AvgIpc) is 2.99. The molecule has 0 aliphatic heterocycles. The second-order valence-corrected chi connectivity index (χ2v) is 6.35. The molecule has 130 valence electrons. The molecule has 6 nitrogen and oxygen atoms in total. The average molecular weight is 349 g/mol. The van der Waals surface area contributed by atoms with E-state index in [4.69, 9.17) is 4.74 Å². The van der Waals surface area contributed by atoms with Gasteiger partial charge in [-0.15, -0.1) is 10.2 Å². The molecule has 1 aromatic carbocycles. The monoisotopic (exact) mass is 349 g/mol. The van der Waals surface area contributed by atoms with Crippen LogP contribution in [0.1, 0.15) is 36.9 Å². The van der Waals surface area contributed by atoms with Crippen molar-refractivity contribution in [3.05, 3.63) is 35.2 Å². The maximum atomic E-state index is 11.3. The van der Waals surface area contributed by atoms with Crippen molar-refractivity contribution in [3.8, 4) is 5.75 Å². The Morgan fingerprint density at radius 2 is 2.08 bits per heavy atom. The summed E-state index contributed by atoms with van der Waals surface area (Å²) in [6, 6.07) is 5.99. The molecule has 7 heteroatoms. The number of nitrogens with zero attached hydrogens (tertiary/aromatic N) is 3. The molecule has 0 fully saturated rings. The Balaban J connectivity index is 2.17. The van der Waals surface area contributed by atoms with Crippen LogP contribution in [0, 0.1) is 13.8 Å². The fraction of sp³-hybridized carbons (Fsp3) is 0.471. The first-order valence-corrected chi connectivity index (χ1v) is 8.82. The van der Waals surface area contributed by atoms with Gasteiger partial charge in [-0.2, -0.15) is 0 Å². The Morgan fingerprint density at radius 3 is 2.75 bits per heavy atom. The van der Waals surface area contributed by atoms with Gasteiger partial charge < -0.3 is 14.0 Å². The molecule has 2 aromatic rings. The van der Waals surface area contributed by atoms with E-state index in [0.717, 1.165) is 17.1 Å². The van der Waals surface area contributed by atoms with Crippen LogP contribution in [0.4, 0.5) is 0 Å². The minimum absolute atomic E-state index is 0.209. The van der Waals surface area contributed by atoms with Crippen molar-refractivity contribution in [2.45, 2.75) is 45.5 Å². The fourth-order valence-electron chi connectivity index (χ4n) is 2.28. The summed E-state index contributed by atoms with van der Waals surface area (Å²) in [6.07, 6.45) is -0.245. The van der Waals surface area contributed by atoms with Crippen molar-refractivity contribution >= 4 is 17.7 Å². The SMILES string of the molecule is CCn1c(SCC(=O)OC)nnc1C(C)Oc1cccc(C)c1C. The van der Waals surface area contributed by atoms with Gasteiger partial charge in [-0.25, -0.2) is 0 Å². The summed E-state index contributed by atoms with van der Waals surface area (Å²) in [5.41, 5.74) is 2.30. The highest BCUT2D eigenvalue weighted by Crippen LogP contribution is 2.27. The molecule has 0 radical (unpaired) electrons. The van der Waals surface area contributed by atoms with E-state index in [1.165, 1.54) is 24.4 Å². The summed E-state index contributed by atoms with van der Waals surface area (Å²) in [7, 11) is 1.37. The Hall–Kier alpha value is -2.02. The zero-order valence-corrected chi connectivity index (χ0v) is 15.5. The van der Waals surface area contributed by atoms with Gasteiger partial charge >= 0.3 is 5.97 Å². The van der Waals surface area contributed by atoms with Gasteiger partial charge in [0.2, 0.25) is 0 Å². The normalized spacial score (nSPS) is 12.0. The lowest BCUT2D eigenvalue weighted by Crippen LogP contribution is -2.13. The molecule has 0 saturated carbocycles. The lowest BCUT2D eigenvalue weighted by molar-refractivity contribution is -0.137. The number of aromatic nitrogens is 3. The lowest BCUT2D eigenvalue weighted by atomic mass is 10.1. The minimum Gasteiger partial charge on any atom is -0.482 e. The molecule has 0 spiro atoms. The van der Waals surface area contributed by atoms with Crippen molar-refractivity contribution in [1.29, 1.82) is 0 Å². The van der Waals surface area contributed by atoms with E-state index in [0.29, 0.717) is 11.7 Å². The Morgan fingerprint density at radius 1 is 1.33 bits per heavy atom. The van der Waals surface area contributed by atoms with Gasteiger partial charge in [-0.3, -0.25) is 4.79 Å². The first kappa shape index (κ1) is 18.3. The molecule has 0 amide bonds. The van der Waals surface area contributed by atoms with Gasteiger partial charge in [0.1, 0.15) is 5.75 Å². The van der Waals surface area contributed by atoms with Crippen molar-refractivity contribution in [1.82, 2.24) is 14.8 Å². The van der Waals surface area contributed by atoms with E-state index in [1.807, 2.05) is 37.5 Å². The van der Waals surface area contributed by atoms with E-state index in [2.05, 4.69) is 27.9 Å². The van der Waals surface area contributed by atoms with Crippen molar-refractivity contribution in [2.75, 3.05) is 12.9 Å². The van der Waals surface area contributed by atoms with Gasteiger partial charge in [-0.05, 0) is 44.9 Å². The van der Waals surface area contributed by atoms with Gasteiger partial charge in [0.25, 0.3) is 0 Å². The number of benzene rings is 1. The molecule has 1 atom stereocenters. The van der Waals surface area contributed by atoms with Gasteiger partial charge in [0, 0.05) is 6.54 Å². The van der Waals surface area contributed by atoms with E-state index >= 15 is 0 Å². The predicted octanol–water partition coefficient (Wildman–Crippen LogP) is 3.32. The third-order valence-corrected chi connectivity index (χ3v) is 4.77. The molecule has 0 N–H and O–H groups in total. The van der Waals surface area contributed by atoms with E-state index in [-0.39, 0.29) is 17.8 Å². The third kappa shape index (κ3) is 4.08. The molecule has 2 rings (SSSR count). The Labute approximate surface area is 146 Å². The summed E-state index contributed by atoms with van der Waals surface area (Å²) in [5, 5.41) is 9.13. The molecule has 1 unspecified atom stereocenters. The molecule has 0 bridgehead atoms. The van der Waals surface area contributed by atoms with Crippen molar-refractivity contribution < 1.29 is 14.3 Å². The van der Waals surface area contributed by atoms with Gasteiger partial charge in [-0.1, -0.05) is 23.9 Å². The topological polar surface area (TPSA) is 66.2 Å². The minimum atomic E-state index is -0.285. The highest BCUT2D eigenvalue weighted by molar-refractivity contribution is 7.99. The zero-order chi connectivity index (χ0) is 17.7. The van der Waals surface area contributed by atoms with Crippen LogP contribution < -0.4 is 4.74 Å². The van der Waals surface area contributed by atoms with Crippen LogP contribution in [0.15, 0.2) is 23.4 Å². The van der Waals surface area contributed by atoms with Crippen LogP contribution >= 0.6 is 11.8 Å². The predicted molar refractivity (Wildman–Crippen MR) is 93.4 cm³/mol. The number of carbonyl (C=O) groups excluding carboxylic acids is 1. The number of hydrogen-bond acceptors (Lipinski definition) is 6. The summed E-state index contributed by atoms with van der Waals surface area (Å²) >= 11 is 1.31. The number of esters is 1. The second kappa shape index (κ2) is 8.19. The van der Waals surface area contributed by atoms with E-state index in [9.17, 15) is 4.79 Å². The molecular formula is C17H23N3O3S. The number of aryl methyl sites for hydroxylation is 1. The van der Waals surface area contributed by atoms with Crippen LogP contribution in [0.25, 0.3) is 0 Å². The quantitative estimate of drug-likeness (QED) is 0.564. The molecule has 1 aromatic heterocycles. The third-order valence-electron chi connectivity index (χ3n) is 3.83. The van der Waals surface area contributed by atoms with E-state index in [1.54, 1.807) is 0 Å².